The average Bonchev–Trinajstić information content (AvgIpc) is 2.62. The molecule has 8 heteroatoms. The zero-order valence-electron chi connectivity index (χ0n) is 14.4. The van der Waals surface area contributed by atoms with Gasteiger partial charge < -0.3 is 14.8 Å². The number of hydrogen-bond acceptors (Lipinski definition) is 6. The minimum Gasteiger partial charge on any atom is -0.482 e. The van der Waals surface area contributed by atoms with Gasteiger partial charge in [0.25, 0.3) is 11.6 Å². The number of esters is 1. The number of amides is 1. The normalized spacial score (nSPS) is 10.1. The van der Waals surface area contributed by atoms with Crippen molar-refractivity contribution >= 4 is 23.3 Å². The summed E-state index contributed by atoms with van der Waals surface area (Å²) in [6.07, 6.45) is 0. The summed E-state index contributed by atoms with van der Waals surface area (Å²) in [4.78, 5) is 33.5. The zero-order chi connectivity index (χ0) is 19.1. The van der Waals surface area contributed by atoms with Gasteiger partial charge in [0.05, 0.1) is 4.92 Å². The molecule has 26 heavy (non-hydrogen) atoms. The maximum Gasteiger partial charge on any atom is 0.344 e. The molecule has 1 N–H and O–H groups in total. The van der Waals surface area contributed by atoms with Gasteiger partial charge in [-0.2, -0.15) is 0 Å². The number of ether oxygens (including phenoxy) is 2. The lowest BCUT2D eigenvalue weighted by Crippen LogP contribution is -2.24. The first-order chi connectivity index (χ1) is 12.4. The van der Waals surface area contributed by atoms with Crippen LogP contribution in [0.15, 0.2) is 42.5 Å². The Labute approximate surface area is 149 Å². The van der Waals surface area contributed by atoms with E-state index in [1.807, 2.05) is 26.0 Å². The molecule has 0 aliphatic carbocycles. The molecule has 0 radical (unpaired) electrons. The first kappa shape index (κ1) is 18.9. The van der Waals surface area contributed by atoms with E-state index in [1.165, 1.54) is 24.3 Å². The van der Waals surface area contributed by atoms with Gasteiger partial charge in [0.15, 0.2) is 13.2 Å². The van der Waals surface area contributed by atoms with Gasteiger partial charge in [-0.05, 0) is 43.2 Å². The fraction of sp³-hybridized carbons (Fsp3) is 0.222. The predicted molar refractivity (Wildman–Crippen MR) is 94.1 cm³/mol. The summed E-state index contributed by atoms with van der Waals surface area (Å²) in [6, 6.07) is 10.8. The van der Waals surface area contributed by atoms with Crippen molar-refractivity contribution in [2.45, 2.75) is 13.8 Å². The Morgan fingerprint density at radius 2 is 1.77 bits per heavy atom. The van der Waals surface area contributed by atoms with E-state index in [1.54, 1.807) is 6.07 Å². The van der Waals surface area contributed by atoms with Crippen molar-refractivity contribution in [1.29, 1.82) is 0 Å². The molecule has 0 unspecified atom stereocenters. The van der Waals surface area contributed by atoms with Crippen molar-refractivity contribution in [3.05, 3.63) is 63.7 Å². The molecule has 2 rings (SSSR count). The smallest absolute Gasteiger partial charge is 0.344 e. The van der Waals surface area contributed by atoms with Gasteiger partial charge in [-0.1, -0.05) is 12.1 Å². The molecule has 8 nitrogen and oxygen atoms in total. The summed E-state index contributed by atoms with van der Waals surface area (Å²) in [6.45, 7) is 2.97. The minimum atomic E-state index is -0.723. The van der Waals surface area contributed by atoms with Crippen molar-refractivity contribution in [3.8, 4) is 5.75 Å². The number of non-ortho nitro benzene ring substituents is 1. The van der Waals surface area contributed by atoms with Gasteiger partial charge in [0.1, 0.15) is 5.75 Å². The number of carbonyl (C=O) groups excluding carboxylic acids is 2. The van der Waals surface area contributed by atoms with Crippen molar-refractivity contribution in [2.75, 3.05) is 18.5 Å². The van der Waals surface area contributed by atoms with Gasteiger partial charge in [-0.25, -0.2) is 4.79 Å². The molecular weight excluding hydrogens is 340 g/mol. The van der Waals surface area contributed by atoms with Crippen molar-refractivity contribution < 1.29 is 24.0 Å². The third-order valence-corrected chi connectivity index (χ3v) is 3.65. The SMILES string of the molecule is Cc1cccc(NC(=O)COC(=O)COc2ccc([N+](=O)[O-])cc2)c1C. The van der Waals surface area contributed by atoms with Crippen LogP contribution in [-0.4, -0.2) is 30.0 Å². The van der Waals surface area contributed by atoms with Crippen LogP contribution in [0, 0.1) is 24.0 Å². The molecule has 0 saturated heterocycles. The molecule has 0 bridgehead atoms. The quantitative estimate of drug-likeness (QED) is 0.463. The molecule has 0 aromatic heterocycles. The zero-order valence-corrected chi connectivity index (χ0v) is 14.4. The van der Waals surface area contributed by atoms with Crippen molar-refractivity contribution in [2.24, 2.45) is 0 Å². The van der Waals surface area contributed by atoms with Gasteiger partial charge in [0.2, 0.25) is 0 Å². The highest BCUT2D eigenvalue weighted by Crippen LogP contribution is 2.18. The van der Waals surface area contributed by atoms with Gasteiger partial charge in [-0.15, -0.1) is 0 Å². The maximum atomic E-state index is 11.9. The summed E-state index contributed by atoms with van der Waals surface area (Å²) in [5, 5.41) is 13.2. The second-order valence-electron chi connectivity index (χ2n) is 5.50. The monoisotopic (exact) mass is 358 g/mol. The van der Waals surface area contributed by atoms with E-state index in [9.17, 15) is 19.7 Å². The Balaban J connectivity index is 1.76. The first-order valence-electron chi connectivity index (χ1n) is 7.76. The average molecular weight is 358 g/mol. The third-order valence-electron chi connectivity index (χ3n) is 3.65. The number of rotatable bonds is 7. The van der Waals surface area contributed by atoms with E-state index in [0.29, 0.717) is 5.69 Å². The summed E-state index contributed by atoms with van der Waals surface area (Å²) >= 11 is 0. The number of nitrogens with zero attached hydrogens (tertiary/aromatic N) is 1. The number of nitro benzene ring substituents is 1. The van der Waals surface area contributed by atoms with E-state index in [0.717, 1.165) is 11.1 Å². The number of nitrogens with one attached hydrogen (secondary N) is 1. The largest absolute Gasteiger partial charge is 0.482 e. The molecule has 0 saturated carbocycles. The summed E-state index contributed by atoms with van der Waals surface area (Å²) < 4.78 is 10.0. The fourth-order valence-electron chi connectivity index (χ4n) is 2.07. The fourth-order valence-corrected chi connectivity index (χ4v) is 2.07. The molecular formula is C18H18N2O6. The predicted octanol–water partition coefficient (Wildman–Crippen LogP) is 2.77. The lowest BCUT2D eigenvalue weighted by atomic mass is 10.1. The number of carbonyl (C=O) groups is 2. The lowest BCUT2D eigenvalue weighted by molar-refractivity contribution is -0.384. The van der Waals surface area contributed by atoms with E-state index in [-0.39, 0.29) is 11.4 Å². The van der Waals surface area contributed by atoms with Crippen LogP contribution in [0.2, 0.25) is 0 Å². The van der Waals surface area contributed by atoms with Crippen LogP contribution in [-0.2, 0) is 14.3 Å². The van der Waals surface area contributed by atoms with E-state index >= 15 is 0 Å². The molecule has 1 amide bonds. The minimum absolute atomic E-state index is 0.0805. The highest BCUT2D eigenvalue weighted by molar-refractivity contribution is 5.93. The Bertz CT molecular complexity index is 817. The van der Waals surface area contributed by atoms with Crippen LogP contribution in [0.25, 0.3) is 0 Å². The van der Waals surface area contributed by atoms with Crippen LogP contribution in [0.4, 0.5) is 11.4 Å². The molecule has 0 atom stereocenters. The van der Waals surface area contributed by atoms with E-state index < -0.39 is 30.0 Å². The number of aryl methyl sites for hydroxylation is 1. The van der Waals surface area contributed by atoms with Gasteiger partial charge in [0, 0.05) is 17.8 Å². The third kappa shape index (κ3) is 5.30. The Kier molecular flexibility index (Phi) is 6.26. The first-order valence-corrected chi connectivity index (χ1v) is 7.76. The Morgan fingerprint density at radius 3 is 2.42 bits per heavy atom. The van der Waals surface area contributed by atoms with E-state index in [2.05, 4.69) is 5.32 Å². The van der Waals surface area contributed by atoms with Gasteiger partial charge in [-0.3, -0.25) is 14.9 Å². The molecule has 0 aliphatic heterocycles. The highest BCUT2D eigenvalue weighted by atomic mass is 16.6. The highest BCUT2D eigenvalue weighted by Gasteiger charge is 2.11. The van der Waals surface area contributed by atoms with Crippen LogP contribution in [0.1, 0.15) is 11.1 Å². The van der Waals surface area contributed by atoms with Gasteiger partial charge >= 0.3 is 5.97 Å². The lowest BCUT2D eigenvalue weighted by Gasteiger charge is -2.11. The molecule has 136 valence electrons. The van der Waals surface area contributed by atoms with E-state index in [4.69, 9.17) is 9.47 Å². The second kappa shape index (κ2) is 8.61. The van der Waals surface area contributed by atoms with Crippen LogP contribution in [0.5, 0.6) is 5.75 Å². The summed E-state index contributed by atoms with van der Waals surface area (Å²) in [5.41, 5.74) is 2.56. The number of benzene rings is 2. The van der Waals surface area contributed by atoms with Crippen molar-refractivity contribution in [3.63, 3.8) is 0 Å². The van der Waals surface area contributed by atoms with Crippen LogP contribution in [0.3, 0.4) is 0 Å². The molecule has 2 aromatic carbocycles. The maximum absolute atomic E-state index is 11.9. The Morgan fingerprint density at radius 1 is 1.08 bits per heavy atom. The summed E-state index contributed by atoms with van der Waals surface area (Å²) in [5.74, 6) is -0.894. The molecule has 0 spiro atoms. The standard InChI is InChI=1S/C18H18N2O6/c1-12-4-3-5-16(13(12)2)19-17(21)10-26-18(22)11-25-15-8-6-14(7-9-15)20(23)24/h3-9H,10-11H2,1-2H3,(H,19,21). The molecule has 0 heterocycles. The summed E-state index contributed by atoms with van der Waals surface area (Å²) in [7, 11) is 0. The second-order valence-corrected chi connectivity index (χ2v) is 5.50. The molecule has 0 fully saturated rings. The topological polar surface area (TPSA) is 108 Å². The number of hydrogen-bond donors (Lipinski definition) is 1. The van der Waals surface area contributed by atoms with Crippen molar-refractivity contribution in [1.82, 2.24) is 0 Å². The molecule has 0 aliphatic rings. The number of anilines is 1. The van der Waals surface area contributed by atoms with Crippen LogP contribution >= 0.6 is 0 Å². The number of nitro groups is 1. The van der Waals surface area contributed by atoms with Crippen LogP contribution < -0.4 is 10.1 Å². The molecule has 2 aromatic rings. The Hall–Kier alpha value is -3.42.